The lowest BCUT2D eigenvalue weighted by molar-refractivity contribution is -0.147. The van der Waals surface area contributed by atoms with Gasteiger partial charge in [0, 0.05) is 6.54 Å². The molecule has 0 aromatic carbocycles. The number of rotatable bonds is 15. The third kappa shape index (κ3) is 8.83. The first-order valence-electron chi connectivity index (χ1n) is 14.2. The SMILES string of the molecule is C=CCCCC[C@H](NC(=O)[C@@H]1C2C(CN1C(=O)[C@H](CCCCC=C)NC(=O)OC(C)(C)C)C2(C)C)C(=O)OC. The molecule has 0 bridgehead atoms. The van der Waals surface area contributed by atoms with Gasteiger partial charge in [0.2, 0.25) is 11.8 Å². The molecule has 2 rings (SSSR count). The van der Waals surface area contributed by atoms with Crippen molar-refractivity contribution in [3.05, 3.63) is 25.3 Å². The van der Waals surface area contributed by atoms with Gasteiger partial charge < -0.3 is 25.0 Å². The summed E-state index contributed by atoms with van der Waals surface area (Å²) in [6.45, 7) is 17.4. The second-order valence-corrected chi connectivity index (χ2v) is 12.3. The number of fused-ring (bicyclic) bond motifs is 1. The van der Waals surface area contributed by atoms with Crippen LogP contribution in [0.2, 0.25) is 0 Å². The molecule has 3 amide bonds. The van der Waals surface area contributed by atoms with Crippen LogP contribution in [0.15, 0.2) is 25.3 Å². The largest absolute Gasteiger partial charge is 0.467 e. The molecule has 220 valence electrons. The molecule has 0 aromatic heterocycles. The molecule has 2 N–H and O–H groups in total. The highest BCUT2D eigenvalue weighted by Crippen LogP contribution is 2.64. The maximum absolute atomic E-state index is 13.9. The number of hydrogen-bond donors (Lipinski definition) is 2. The fourth-order valence-corrected chi connectivity index (χ4v) is 5.64. The van der Waals surface area contributed by atoms with Crippen LogP contribution in [-0.4, -0.2) is 66.2 Å². The number of nitrogens with one attached hydrogen (secondary N) is 2. The third-order valence-corrected chi connectivity index (χ3v) is 7.85. The minimum Gasteiger partial charge on any atom is -0.467 e. The van der Waals surface area contributed by atoms with Gasteiger partial charge in [-0.3, -0.25) is 9.59 Å². The number of allylic oxidation sites excluding steroid dienone is 2. The summed E-state index contributed by atoms with van der Waals surface area (Å²) >= 11 is 0. The van der Waals surface area contributed by atoms with E-state index in [0.717, 1.165) is 32.1 Å². The van der Waals surface area contributed by atoms with Crippen molar-refractivity contribution in [2.45, 2.75) is 110 Å². The van der Waals surface area contributed by atoms with Crippen molar-refractivity contribution in [2.24, 2.45) is 17.3 Å². The van der Waals surface area contributed by atoms with E-state index in [9.17, 15) is 19.2 Å². The number of likely N-dealkylation sites (tertiary alicyclic amines) is 1. The average molecular weight is 548 g/mol. The maximum atomic E-state index is 13.9. The Morgan fingerprint density at radius 3 is 2.05 bits per heavy atom. The number of carbonyl (C=O) groups is 4. The van der Waals surface area contributed by atoms with Gasteiger partial charge in [-0.05, 0) is 76.5 Å². The molecule has 5 atom stereocenters. The molecule has 0 spiro atoms. The maximum Gasteiger partial charge on any atom is 0.408 e. The molecule has 0 aromatic rings. The highest BCUT2D eigenvalue weighted by atomic mass is 16.6. The van der Waals surface area contributed by atoms with Gasteiger partial charge in [0.15, 0.2) is 0 Å². The van der Waals surface area contributed by atoms with Crippen LogP contribution >= 0.6 is 0 Å². The monoisotopic (exact) mass is 547 g/mol. The van der Waals surface area contributed by atoms with Gasteiger partial charge in [0.25, 0.3) is 0 Å². The van der Waals surface area contributed by atoms with Gasteiger partial charge in [-0.2, -0.15) is 0 Å². The van der Waals surface area contributed by atoms with E-state index < -0.39 is 35.8 Å². The third-order valence-electron chi connectivity index (χ3n) is 7.85. The smallest absolute Gasteiger partial charge is 0.408 e. The zero-order chi connectivity index (χ0) is 29.4. The number of piperidine rings is 1. The lowest BCUT2D eigenvalue weighted by atomic mass is 9.98. The van der Waals surface area contributed by atoms with Crippen LogP contribution < -0.4 is 10.6 Å². The van der Waals surface area contributed by atoms with Crippen molar-refractivity contribution in [2.75, 3.05) is 13.7 Å². The molecule has 2 fully saturated rings. The number of nitrogens with zero attached hydrogens (tertiary/aromatic N) is 1. The van der Waals surface area contributed by atoms with E-state index in [1.807, 2.05) is 12.2 Å². The Morgan fingerprint density at radius 2 is 1.54 bits per heavy atom. The van der Waals surface area contributed by atoms with Crippen molar-refractivity contribution in [1.82, 2.24) is 15.5 Å². The number of alkyl carbamates (subject to hydrolysis) is 1. The molecule has 2 aliphatic rings. The zero-order valence-corrected chi connectivity index (χ0v) is 24.7. The Labute approximate surface area is 234 Å². The molecule has 1 saturated carbocycles. The molecule has 39 heavy (non-hydrogen) atoms. The summed E-state index contributed by atoms with van der Waals surface area (Å²) in [4.78, 5) is 54.2. The molecule has 2 unspecified atom stereocenters. The number of methoxy groups -OCH3 is 1. The molecular formula is C30H49N3O6. The highest BCUT2D eigenvalue weighted by Gasteiger charge is 2.69. The highest BCUT2D eigenvalue weighted by molar-refractivity contribution is 5.94. The summed E-state index contributed by atoms with van der Waals surface area (Å²) in [6, 6.07) is -2.34. The Morgan fingerprint density at radius 1 is 0.974 bits per heavy atom. The summed E-state index contributed by atoms with van der Waals surface area (Å²) in [5, 5.41) is 5.63. The van der Waals surface area contributed by atoms with E-state index in [1.165, 1.54) is 7.11 Å². The molecule has 0 radical (unpaired) electrons. The summed E-state index contributed by atoms with van der Waals surface area (Å²) in [6.07, 6.45) is 8.58. The van der Waals surface area contributed by atoms with Gasteiger partial charge in [-0.1, -0.05) is 38.8 Å². The van der Waals surface area contributed by atoms with Crippen molar-refractivity contribution in [3.63, 3.8) is 0 Å². The van der Waals surface area contributed by atoms with Crippen molar-refractivity contribution >= 4 is 23.9 Å². The summed E-state index contributed by atoms with van der Waals surface area (Å²) in [5.41, 5.74) is -0.807. The zero-order valence-electron chi connectivity index (χ0n) is 24.7. The van der Waals surface area contributed by atoms with E-state index in [2.05, 4.69) is 37.6 Å². The normalized spacial score (nSPS) is 22.6. The minimum absolute atomic E-state index is 0.0246. The Hall–Kier alpha value is -2.84. The standard InChI is InChI=1S/C30H49N3O6/c1-9-11-13-15-17-21(32-28(37)39-29(3,4)5)26(35)33-19-20-23(30(20,6)7)24(33)25(34)31-22(27(36)38-8)18-16-14-12-10-2/h9-10,20-24H,1-2,11-19H2,3-8H3,(H,31,34)(H,32,37)/t20?,21-,22-,23?,24-/m0/s1. The van der Waals surface area contributed by atoms with Crippen LogP contribution in [0.3, 0.4) is 0 Å². The number of amides is 3. The molecule has 9 heteroatoms. The molecule has 1 heterocycles. The summed E-state index contributed by atoms with van der Waals surface area (Å²) < 4.78 is 10.4. The van der Waals surface area contributed by atoms with E-state index >= 15 is 0 Å². The number of carbonyl (C=O) groups excluding carboxylic acids is 4. The van der Waals surface area contributed by atoms with Crippen LogP contribution in [-0.2, 0) is 23.9 Å². The fraction of sp³-hybridized carbons (Fsp3) is 0.733. The van der Waals surface area contributed by atoms with Gasteiger partial charge in [0.1, 0.15) is 23.7 Å². The lowest BCUT2D eigenvalue weighted by Crippen LogP contribution is -2.57. The van der Waals surface area contributed by atoms with Crippen LogP contribution in [0.5, 0.6) is 0 Å². The molecule has 1 aliphatic heterocycles. The number of hydrogen-bond acceptors (Lipinski definition) is 6. The van der Waals surface area contributed by atoms with Crippen LogP contribution in [0.4, 0.5) is 4.79 Å². The van der Waals surface area contributed by atoms with Crippen molar-refractivity contribution < 1.29 is 28.7 Å². The van der Waals surface area contributed by atoms with Crippen molar-refractivity contribution in [1.29, 1.82) is 0 Å². The summed E-state index contributed by atoms with van der Waals surface area (Å²) in [5.74, 6) is -1.02. The van der Waals surface area contributed by atoms with Crippen LogP contribution in [0.25, 0.3) is 0 Å². The van der Waals surface area contributed by atoms with E-state index in [1.54, 1.807) is 25.7 Å². The van der Waals surface area contributed by atoms with E-state index in [4.69, 9.17) is 9.47 Å². The summed E-state index contributed by atoms with van der Waals surface area (Å²) in [7, 11) is 1.30. The predicted molar refractivity (Wildman–Crippen MR) is 151 cm³/mol. The average Bonchev–Trinajstić information content (AvgIpc) is 3.17. The minimum atomic E-state index is -0.823. The van der Waals surface area contributed by atoms with Crippen LogP contribution in [0.1, 0.15) is 86.0 Å². The Kier molecular flexibility index (Phi) is 11.6. The van der Waals surface area contributed by atoms with E-state index in [-0.39, 0.29) is 29.1 Å². The Bertz CT molecular complexity index is 909. The number of ether oxygens (including phenoxy) is 2. The van der Waals surface area contributed by atoms with Gasteiger partial charge >= 0.3 is 12.1 Å². The molecule has 9 nitrogen and oxygen atoms in total. The van der Waals surface area contributed by atoms with E-state index in [0.29, 0.717) is 25.8 Å². The quantitative estimate of drug-likeness (QED) is 0.177. The van der Waals surface area contributed by atoms with Crippen molar-refractivity contribution in [3.8, 4) is 0 Å². The lowest BCUT2D eigenvalue weighted by Gasteiger charge is -2.34. The number of esters is 1. The fourth-order valence-electron chi connectivity index (χ4n) is 5.64. The second kappa shape index (κ2) is 14.0. The first-order chi connectivity index (χ1) is 18.3. The molecular weight excluding hydrogens is 498 g/mol. The van der Waals surface area contributed by atoms with Crippen LogP contribution in [0, 0.1) is 17.3 Å². The number of unbranched alkanes of at least 4 members (excludes halogenated alkanes) is 4. The molecule has 1 aliphatic carbocycles. The van der Waals surface area contributed by atoms with Gasteiger partial charge in [-0.25, -0.2) is 9.59 Å². The molecule has 1 saturated heterocycles. The second-order valence-electron chi connectivity index (χ2n) is 12.3. The van der Waals surface area contributed by atoms with Gasteiger partial charge in [-0.15, -0.1) is 13.2 Å². The topological polar surface area (TPSA) is 114 Å². The Balaban J connectivity index is 2.22. The van der Waals surface area contributed by atoms with Gasteiger partial charge in [0.05, 0.1) is 7.11 Å². The predicted octanol–water partition coefficient (Wildman–Crippen LogP) is 4.51. The first-order valence-corrected chi connectivity index (χ1v) is 14.2. The first kappa shape index (κ1) is 32.4.